The van der Waals surface area contributed by atoms with Gasteiger partial charge in [0.05, 0.1) is 56.0 Å². The van der Waals surface area contributed by atoms with Crippen molar-refractivity contribution in [2.75, 3.05) is 63.0 Å². The first kappa shape index (κ1) is 31.7. The molecule has 0 aliphatic heterocycles. The number of carbonyl (C=O) groups excluding carboxylic acids is 2. The SMILES string of the molecule is CCC[N+]([O-])(CCC)CCCNc1ccc(NCCC[N+]([O-])(CCC)CCC)c2c1C(=O)c1ccncc1C2=O. The minimum Gasteiger partial charge on any atom is -0.633 e. The van der Waals surface area contributed by atoms with Crippen molar-refractivity contribution in [3.63, 3.8) is 0 Å². The number of carbonyl (C=O) groups is 2. The van der Waals surface area contributed by atoms with Crippen LogP contribution in [0.4, 0.5) is 11.4 Å². The van der Waals surface area contributed by atoms with E-state index in [0.29, 0.717) is 98.8 Å². The van der Waals surface area contributed by atoms with Crippen molar-refractivity contribution in [3.05, 3.63) is 63.3 Å². The van der Waals surface area contributed by atoms with Crippen LogP contribution in [0.3, 0.4) is 0 Å². The van der Waals surface area contributed by atoms with Gasteiger partial charge >= 0.3 is 0 Å². The fraction of sp³-hybridized carbons (Fsp3) is 0.581. The molecule has 1 aliphatic carbocycles. The predicted molar refractivity (Wildman–Crippen MR) is 161 cm³/mol. The van der Waals surface area contributed by atoms with E-state index in [2.05, 4.69) is 15.6 Å². The highest BCUT2D eigenvalue weighted by atomic mass is 16.5. The molecule has 0 spiro atoms. The Labute approximate surface area is 239 Å². The Kier molecular flexibility index (Phi) is 11.6. The summed E-state index contributed by atoms with van der Waals surface area (Å²) in [6.45, 7) is 12.6. The smallest absolute Gasteiger partial charge is 0.198 e. The Morgan fingerprint density at radius 2 is 1.07 bits per heavy atom. The van der Waals surface area contributed by atoms with Crippen molar-refractivity contribution in [2.24, 2.45) is 0 Å². The van der Waals surface area contributed by atoms with E-state index in [1.807, 2.05) is 39.8 Å². The first-order chi connectivity index (χ1) is 19.2. The molecule has 0 bridgehead atoms. The molecule has 2 aromatic rings. The molecule has 2 N–H and O–H groups in total. The van der Waals surface area contributed by atoms with Crippen molar-refractivity contribution in [2.45, 2.75) is 66.2 Å². The molecule has 3 rings (SSSR count). The third-order valence-electron chi connectivity index (χ3n) is 7.61. The first-order valence-corrected chi connectivity index (χ1v) is 15.0. The molecule has 0 radical (unpaired) electrons. The van der Waals surface area contributed by atoms with E-state index in [-0.39, 0.29) is 20.9 Å². The Balaban J connectivity index is 1.80. The average Bonchev–Trinajstić information content (AvgIpc) is 2.93. The number of fused-ring (bicyclic) bond motifs is 2. The van der Waals surface area contributed by atoms with E-state index < -0.39 is 0 Å². The van der Waals surface area contributed by atoms with Gasteiger partial charge in [0.2, 0.25) is 0 Å². The largest absolute Gasteiger partial charge is 0.633 e. The van der Waals surface area contributed by atoms with Crippen LogP contribution >= 0.6 is 0 Å². The lowest BCUT2D eigenvalue weighted by Crippen LogP contribution is -2.44. The molecule has 0 saturated carbocycles. The second-order valence-corrected chi connectivity index (χ2v) is 11.0. The first-order valence-electron chi connectivity index (χ1n) is 15.0. The lowest BCUT2D eigenvalue weighted by Gasteiger charge is -2.43. The molecule has 0 fully saturated rings. The number of pyridine rings is 1. The van der Waals surface area contributed by atoms with E-state index in [9.17, 15) is 20.0 Å². The molecule has 0 unspecified atom stereocenters. The zero-order valence-corrected chi connectivity index (χ0v) is 24.8. The maximum absolute atomic E-state index is 13.6. The Bertz CT molecular complexity index is 1050. The van der Waals surface area contributed by atoms with Crippen LogP contribution in [0.15, 0.2) is 30.6 Å². The normalized spacial score (nSPS) is 13.2. The number of hydroxylamine groups is 6. The molecule has 220 valence electrons. The highest BCUT2D eigenvalue weighted by molar-refractivity contribution is 6.31. The van der Waals surface area contributed by atoms with Crippen LogP contribution in [0.25, 0.3) is 0 Å². The van der Waals surface area contributed by atoms with Crippen molar-refractivity contribution in [1.29, 1.82) is 0 Å². The number of anilines is 2. The van der Waals surface area contributed by atoms with Crippen molar-refractivity contribution < 1.29 is 18.9 Å². The molecular weight excluding hydrogens is 506 g/mol. The van der Waals surface area contributed by atoms with Crippen LogP contribution in [0.2, 0.25) is 0 Å². The third-order valence-corrected chi connectivity index (χ3v) is 7.61. The molecule has 9 heteroatoms. The minimum atomic E-state index is -0.240. The Morgan fingerprint density at radius 3 is 1.50 bits per heavy atom. The molecular formula is C31H47N5O4. The molecule has 1 aromatic carbocycles. The summed E-state index contributed by atoms with van der Waals surface area (Å²) in [5.41, 5.74) is 2.52. The number of ketones is 2. The molecule has 0 atom stereocenters. The highest BCUT2D eigenvalue weighted by Gasteiger charge is 2.34. The number of rotatable bonds is 18. The summed E-state index contributed by atoms with van der Waals surface area (Å²) in [6, 6.07) is 5.25. The summed E-state index contributed by atoms with van der Waals surface area (Å²) >= 11 is 0. The summed E-state index contributed by atoms with van der Waals surface area (Å²) in [7, 11) is 0. The number of nitrogens with zero attached hydrogens (tertiary/aromatic N) is 3. The van der Waals surface area contributed by atoms with Crippen molar-refractivity contribution >= 4 is 22.9 Å². The van der Waals surface area contributed by atoms with Gasteiger partial charge in [-0.25, -0.2) is 0 Å². The maximum Gasteiger partial charge on any atom is 0.198 e. The van der Waals surface area contributed by atoms with Gasteiger partial charge in [0.15, 0.2) is 11.6 Å². The van der Waals surface area contributed by atoms with Crippen molar-refractivity contribution in [3.8, 4) is 0 Å². The number of hydrogen-bond acceptors (Lipinski definition) is 7. The number of hydrogen-bond donors (Lipinski definition) is 2. The minimum absolute atomic E-state index is 0.201. The molecule has 40 heavy (non-hydrogen) atoms. The summed E-state index contributed by atoms with van der Waals surface area (Å²) in [5.74, 6) is -0.457. The maximum atomic E-state index is 13.6. The van der Waals surface area contributed by atoms with Crippen LogP contribution in [0.5, 0.6) is 0 Å². The molecule has 0 saturated heterocycles. The zero-order chi connectivity index (χ0) is 29.2. The van der Waals surface area contributed by atoms with Gasteiger partial charge in [-0.05, 0) is 43.9 Å². The van der Waals surface area contributed by atoms with Crippen LogP contribution in [0, 0.1) is 10.4 Å². The highest BCUT2D eigenvalue weighted by Crippen LogP contribution is 2.36. The van der Waals surface area contributed by atoms with Gasteiger partial charge in [0.1, 0.15) is 0 Å². The van der Waals surface area contributed by atoms with Crippen LogP contribution in [0.1, 0.15) is 98.1 Å². The van der Waals surface area contributed by atoms with E-state index in [1.165, 1.54) is 12.4 Å². The number of aromatic nitrogens is 1. The zero-order valence-electron chi connectivity index (χ0n) is 24.8. The quantitative estimate of drug-likeness (QED) is 0.117. The average molecular weight is 554 g/mol. The van der Waals surface area contributed by atoms with Gasteiger partial charge in [0, 0.05) is 55.3 Å². The summed E-state index contributed by atoms with van der Waals surface area (Å²) in [6.07, 6.45) is 7.66. The molecule has 1 aromatic heterocycles. The third kappa shape index (κ3) is 7.66. The summed E-state index contributed by atoms with van der Waals surface area (Å²) in [5, 5.41) is 32.8. The van der Waals surface area contributed by atoms with E-state index in [4.69, 9.17) is 0 Å². The standard InChI is InChI=1S/C31H47N5O4/c1-5-17-35(39,18-6-2)21-9-14-33-26-11-12-27(34-15-10-22-36(40,19-7-3)20-8-4)29-28(26)30(37)24-13-16-32-23-25(24)31(29)38/h11-13,16,23,33-34H,5-10,14-15,17-22H2,1-4H3. The van der Waals surface area contributed by atoms with Crippen LogP contribution in [-0.2, 0) is 0 Å². The van der Waals surface area contributed by atoms with Gasteiger partial charge in [-0.2, -0.15) is 0 Å². The number of nitrogens with one attached hydrogen (secondary N) is 2. The van der Waals surface area contributed by atoms with Crippen LogP contribution < -0.4 is 10.6 Å². The van der Waals surface area contributed by atoms with Crippen LogP contribution in [-0.4, -0.2) is 78.2 Å². The summed E-state index contributed by atoms with van der Waals surface area (Å²) < 4.78 is -0.403. The van der Waals surface area contributed by atoms with E-state index in [1.54, 1.807) is 6.07 Å². The number of benzene rings is 1. The van der Waals surface area contributed by atoms with E-state index >= 15 is 0 Å². The van der Waals surface area contributed by atoms with Gasteiger partial charge in [0.25, 0.3) is 0 Å². The molecule has 9 nitrogen and oxygen atoms in total. The fourth-order valence-corrected chi connectivity index (χ4v) is 5.89. The predicted octanol–water partition coefficient (Wildman–Crippen LogP) is 5.73. The monoisotopic (exact) mass is 553 g/mol. The van der Waals surface area contributed by atoms with Crippen molar-refractivity contribution in [1.82, 2.24) is 4.98 Å². The lowest BCUT2D eigenvalue weighted by molar-refractivity contribution is -0.880. The Morgan fingerprint density at radius 1 is 0.650 bits per heavy atom. The van der Waals surface area contributed by atoms with Gasteiger partial charge < -0.3 is 30.3 Å². The fourth-order valence-electron chi connectivity index (χ4n) is 5.89. The topological polar surface area (TPSA) is 117 Å². The lowest BCUT2D eigenvalue weighted by atomic mass is 9.83. The number of quaternary nitrogens is 2. The molecule has 1 heterocycles. The van der Waals surface area contributed by atoms with Gasteiger partial charge in [-0.15, -0.1) is 0 Å². The molecule has 0 amide bonds. The van der Waals surface area contributed by atoms with Gasteiger partial charge in [-0.1, -0.05) is 27.7 Å². The van der Waals surface area contributed by atoms with Gasteiger partial charge in [-0.3, -0.25) is 14.6 Å². The second-order valence-electron chi connectivity index (χ2n) is 11.0. The van der Waals surface area contributed by atoms with E-state index in [0.717, 1.165) is 25.7 Å². The second kappa shape index (κ2) is 14.7. The summed E-state index contributed by atoms with van der Waals surface area (Å²) in [4.78, 5) is 31.4. The molecule has 1 aliphatic rings. The Hall–Kier alpha value is -2.85.